The Morgan fingerprint density at radius 1 is 0.515 bits per heavy atom. The van der Waals surface area contributed by atoms with Crippen LogP contribution in [-0.4, -0.2) is 4.89 Å². The fraction of sp³-hybridized carbons (Fsp3) is 0.857. The maximum atomic E-state index is 11.8. The highest BCUT2D eigenvalue weighted by molar-refractivity contribution is 7.47. The van der Waals surface area contributed by atoms with Gasteiger partial charge in [0.15, 0.2) is 0 Å². The first-order valence-electron chi connectivity index (χ1n) is 14.1. The first-order chi connectivity index (χ1) is 16.1. The minimum absolute atomic E-state index is 0.866. The van der Waals surface area contributed by atoms with Crippen molar-refractivity contribution in [1.29, 1.82) is 0 Å². The monoisotopic (exact) mass is 486 g/mol. The molecule has 0 saturated carbocycles. The van der Waals surface area contributed by atoms with Crippen LogP contribution in [0, 0.1) is 0 Å². The Morgan fingerprint density at radius 3 is 1.09 bits per heavy atom. The zero-order valence-electron chi connectivity index (χ0n) is 22.0. The third kappa shape index (κ3) is 27.4. The van der Waals surface area contributed by atoms with E-state index in [9.17, 15) is 9.46 Å². The van der Waals surface area contributed by atoms with Crippen LogP contribution in [0.2, 0.25) is 0 Å². The van der Waals surface area contributed by atoms with Crippen molar-refractivity contribution in [1.82, 2.24) is 0 Å². The maximum Gasteiger partial charge on any atom is 0.583 e. The van der Waals surface area contributed by atoms with E-state index in [0.717, 1.165) is 25.7 Å². The molecule has 0 bridgehead atoms. The predicted molar refractivity (Wildman–Crippen MR) is 143 cm³/mol. The lowest BCUT2D eigenvalue weighted by Crippen LogP contribution is -1.85. The summed E-state index contributed by atoms with van der Waals surface area (Å²) in [7, 11) is -4.03. The van der Waals surface area contributed by atoms with Crippen LogP contribution >= 0.6 is 7.82 Å². The first kappa shape index (κ1) is 32.3. The van der Waals surface area contributed by atoms with Crippen molar-refractivity contribution >= 4 is 7.82 Å². The number of allylic oxidation sites excluding steroid dienone is 2. The van der Waals surface area contributed by atoms with Gasteiger partial charge in [-0.25, -0.2) is 4.57 Å². The van der Waals surface area contributed by atoms with E-state index in [4.69, 9.17) is 9.05 Å². The van der Waals surface area contributed by atoms with Gasteiger partial charge in [0.1, 0.15) is 0 Å². The van der Waals surface area contributed by atoms with Crippen molar-refractivity contribution in [3.8, 4) is 0 Å². The Morgan fingerprint density at radius 2 is 0.788 bits per heavy atom. The van der Waals surface area contributed by atoms with E-state index >= 15 is 0 Å². The number of rotatable bonds is 26. The SMILES string of the molecule is CCCCCCCCCCCC/C=C/OP(=O)(O)O/C=C/CCCCCCCCCCCC. The van der Waals surface area contributed by atoms with Gasteiger partial charge in [-0.05, 0) is 37.8 Å². The summed E-state index contributed by atoms with van der Waals surface area (Å²) in [5.41, 5.74) is 0. The van der Waals surface area contributed by atoms with Crippen LogP contribution in [0.1, 0.15) is 155 Å². The van der Waals surface area contributed by atoms with Crippen LogP contribution in [0.25, 0.3) is 0 Å². The maximum absolute atomic E-state index is 11.8. The minimum atomic E-state index is -4.03. The molecule has 0 aliphatic heterocycles. The summed E-state index contributed by atoms with van der Waals surface area (Å²) < 4.78 is 21.6. The summed E-state index contributed by atoms with van der Waals surface area (Å²) in [5, 5.41) is 0. The molecule has 0 amide bonds. The fourth-order valence-electron chi connectivity index (χ4n) is 3.90. The quantitative estimate of drug-likeness (QED) is 0.0750. The van der Waals surface area contributed by atoms with Crippen LogP contribution in [0.5, 0.6) is 0 Å². The standard InChI is InChI=1S/C28H55O4P/c1-3-5-7-9-11-13-15-17-19-21-23-25-27-31-33(29,30)32-28-26-24-22-20-18-16-14-12-10-8-6-4-2/h25-28H,3-24H2,1-2H3,(H,29,30)/b27-25+,28-26+. The molecule has 5 heteroatoms. The second-order valence-corrected chi connectivity index (χ2v) is 10.7. The van der Waals surface area contributed by atoms with Gasteiger partial charge >= 0.3 is 7.82 Å². The molecule has 1 N–H and O–H groups in total. The highest BCUT2D eigenvalue weighted by atomic mass is 31.2. The topological polar surface area (TPSA) is 55.8 Å². The molecule has 4 nitrogen and oxygen atoms in total. The van der Waals surface area contributed by atoms with Gasteiger partial charge in [0.25, 0.3) is 0 Å². The summed E-state index contributed by atoms with van der Waals surface area (Å²) in [6.07, 6.45) is 34.1. The summed E-state index contributed by atoms with van der Waals surface area (Å²) in [6, 6.07) is 0. The molecule has 0 spiro atoms. The number of unbranched alkanes of at least 4 members (excludes halogenated alkanes) is 20. The molecule has 0 aliphatic rings. The summed E-state index contributed by atoms with van der Waals surface area (Å²) >= 11 is 0. The first-order valence-corrected chi connectivity index (χ1v) is 15.6. The number of phosphoric acid groups is 1. The molecular formula is C28H55O4P. The molecule has 0 atom stereocenters. The third-order valence-corrected chi connectivity index (χ3v) is 6.81. The lowest BCUT2D eigenvalue weighted by molar-refractivity contribution is 0.243. The molecule has 196 valence electrons. The van der Waals surface area contributed by atoms with Crippen LogP contribution in [0.4, 0.5) is 0 Å². The van der Waals surface area contributed by atoms with E-state index in [1.165, 1.54) is 128 Å². The number of phosphoric ester groups is 1. The minimum Gasteiger partial charge on any atom is -0.404 e. The van der Waals surface area contributed by atoms with Gasteiger partial charge in [0.05, 0.1) is 12.5 Å². The van der Waals surface area contributed by atoms with Gasteiger partial charge in [-0.15, -0.1) is 0 Å². The fourth-order valence-corrected chi connectivity index (χ4v) is 4.43. The second-order valence-electron chi connectivity index (χ2n) is 9.36. The van der Waals surface area contributed by atoms with Crippen molar-refractivity contribution in [3.63, 3.8) is 0 Å². The van der Waals surface area contributed by atoms with E-state index in [-0.39, 0.29) is 0 Å². The molecule has 0 aromatic heterocycles. The van der Waals surface area contributed by atoms with Crippen molar-refractivity contribution in [2.75, 3.05) is 0 Å². The van der Waals surface area contributed by atoms with Crippen molar-refractivity contribution in [3.05, 3.63) is 24.7 Å². The zero-order chi connectivity index (χ0) is 24.3. The molecule has 0 aliphatic carbocycles. The Kier molecular flexibility index (Phi) is 25.3. The van der Waals surface area contributed by atoms with Gasteiger partial charge in [0.2, 0.25) is 0 Å². The molecule has 0 saturated heterocycles. The van der Waals surface area contributed by atoms with E-state index in [0.29, 0.717) is 0 Å². The second kappa shape index (κ2) is 25.9. The van der Waals surface area contributed by atoms with Crippen LogP contribution < -0.4 is 0 Å². The average Bonchev–Trinajstić information content (AvgIpc) is 2.80. The van der Waals surface area contributed by atoms with Crippen molar-refractivity contribution in [2.45, 2.75) is 155 Å². The van der Waals surface area contributed by atoms with Gasteiger partial charge in [-0.2, -0.15) is 0 Å². The summed E-state index contributed by atoms with van der Waals surface area (Å²) in [4.78, 5) is 9.68. The Bertz CT molecular complexity index is 450. The third-order valence-electron chi connectivity index (χ3n) is 6.03. The normalized spacial score (nSPS) is 12.2. The molecule has 0 heterocycles. The zero-order valence-corrected chi connectivity index (χ0v) is 22.9. The Labute approximate surface area is 206 Å². The summed E-state index contributed by atoms with van der Waals surface area (Å²) in [6.45, 7) is 4.51. The highest BCUT2D eigenvalue weighted by Crippen LogP contribution is 2.43. The molecule has 0 unspecified atom stereocenters. The van der Waals surface area contributed by atoms with Crippen molar-refractivity contribution < 1.29 is 18.5 Å². The largest absolute Gasteiger partial charge is 0.583 e. The van der Waals surface area contributed by atoms with Gasteiger partial charge in [-0.1, -0.05) is 129 Å². The van der Waals surface area contributed by atoms with E-state index in [1.807, 2.05) is 12.2 Å². The molecule has 0 radical (unpaired) electrons. The predicted octanol–water partition coefficient (Wildman–Crippen LogP) is 10.8. The molecule has 0 rings (SSSR count). The molecule has 0 aromatic carbocycles. The van der Waals surface area contributed by atoms with Crippen molar-refractivity contribution in [2.24, 2.45) is 0 Å². The van der Waals surface area contributed by atoms with Gasteiger partial charge < -0.3 is 9.05 Å². The lowest BCUT2D eigenvalue weighted by atomic mass is 10.1. The van der Waals surface area contributed by atoms with Gasteiger partial charge in [-0.3, -0.25) is 4.89 Å². The van der Waals surface area contributed by atoms with E-state index in [2.05, 4.69) is 13.8 Å². The molecule has 0 fully saturated rings. The lowest BCUT2D eigenvalue weighted by Gasteiger charge is -2.07. The Hall–Kier alpha value is -0.730. The number of hydrogen-bond donors (Lipinski definition) is 1. The summed E-state index contributed by atoms with van der Waals surface area (Å²) in [5.74, 6) is 0. The van der Waals surface area contributed by atoms with Gasteiger partial charge in [0, 0.05) is 0 Å². The molecular weight excluding hydrogens is 431 g/mol. The highest BCUT2D eigenvalue weighted by Gasteiger charge is 2.19. The van der Waals surface area contributed by atoms with E-state index in [1.54, 1.807) is 0 Å². The van der Waals surface area contributed by atoms with E-state index < -0.39 is 7.82 Å². The molecule has 0 aromatic rings. The van der Waals surface area contributed by atoms with Crippen LogP contribution in [0.15, 0.2) is 24.7 Å². The smallest absolute Gasteiger partial charge is 0.404 e. The van der Waals surface area contributed by atoms with Crippen LogP contribution in [-0.2, 0) is 13.6 Å². The Balaban J connectivity index is 3.47. The number of hydrogen-bond acceptors (Lipinski definition) is 3. The average molecular weight is 487 g/mol. The molecule has 33 heavy (non-hydrogen) atoms. The van der Waals surface area contributed by atoms with Crippen LogP contribution in [0.3, 0.4) is 0 Å².